The molecule has 1 rings (SSSR count). The first-order chi connectivity index (χ1) is 4.24. The highest BCUT2D eigenvalue weighted by atomic mass is 32.1. The first-order valence-electron chi connectivity index (χ1n) is 3.11. The molecule has 0 radical (unpaired) electrons. The molecule has 0 aromatic heterocycles. The van der Waals surface area contributed by atoms with Crippen LogP contribution in [0.15, 0.2) is 0 Å². The van der Waals surface area contributed by atoms with Gasteiger partial charge in [-0.3, -0.25) is 10.3 Å². The fourth-order valence-corrected chi connectivity index (χ4v) is 1.32. The van der Waals surface area contributed by atoms with E-state index in [1.54, 1.807) is 0 Å². The standard InChI is InChI=1S/C5H13N3S/c1-3-8-4-7(2)6-5(8)9/h5-6,9H,3-4H2,1-2H3/p-1. The Labute approximate surface area is 61.4 Å². The van der Waals surface area contributed by atoms with Crippen LogP contribution in [0.4, 0.5) is 0 Å². The summed E-state index contributed by atoms with van der Waals surface area (Å²) in [6.45, 7) is 4.07. The maximum absolute atomic E-state index is 5.07. The first-order valence-corrected chi connectivity index (χ1v) is 3.58. The minimum Gasteiger partial charge on any atom is -0.757 e. The molecule has 1 aliphatic rings. The van der Waals surface area contributed by atoms with E-state index in [2.05, 4.69) is 17.2 Å². The predicted octanol–water partition coefficient (Wildman–Crippen LogP) is -0.454. The van der Waals surface area contributed by atoms with E-state index in [4.69, 9.17) is 12.6 Å². The summed E-state index contributed by atoms with van der Waals surface area (Å²) in [6, 6.07) is 0. The van der Waals surface area contributed by atoms with E-state index in [0.717, 1.165) is 13.2 Å². The first kappa shape index (κ1) is 7.34. The molecule has 1 atom stereocenters. The molecule has 4 heteroatoms. The average Bonchev–Trinajstić information content (AvgIpc) is 2.10. The highest BCUT2D eigenvalue weighted by Crippen LogP contribution is 2.02. The SMILES string of the molecule is CCN1CN(C)NC1[S-]. The summed E-state index contributed by atoms with van der Waals surface area (Å²) in [7, 11) is 2.00. The molecule has 54 valence electrons. The van der Waals surface area contributed by atoms with Crippen molar-refractivity contribution in [2.75, 3.05) is 20.3 Å². The lowest BCUT2D eigenvalue weighted by Crippen LogP contribution is -2.34. The maximum atomic E-state index is 5.07. The summed E-state index contributed by atoms with van der Waals surface area (Å²) in [5.41, 5.74) is 3.19. The van der Waals surface area contributed by atoms with Crippen LogP contribution in [0.25, 0.3) is 0 Å². The lowest BCUT2D eigenvalue weighted by molar-refractivity contribution is 0.265. The smallest absolute Gasteiger partial charge is 0.0639 e. The Morgan fingerprint density at radius 1 is 1.78 bits per heavy atom. The van der Waals surface area contributed by atoms with Crippen molar-refractivity contribution < 1.29 is 0 Å². The average molecular weight is 146 g/mol. The van der Waals surface area contributed by atoms with Gasteiger partial charge in [0.25, 0.3) is 0 Å². The van der Waals surface area contributed by atoms with Crippen LogP contribution in [0.3, 0.4) is 0 Å². The molecule has 0 amide bonds. The van der Waals surface area contributed by atoms with E-state index in [0.29, 0.717) is 0 Å². The third-order valence-electron chi connectivity index (χ3n) is 1.46. The van der Waals surface area contributed by atoms with Gasteiger partial charge < -0.3 is 12.6 Å². The topological polar surface area (TPSA) is 18.5 Å². The highest BCUT2D eigenvalue weighted by molar-refractivity contribution is 7.59. The zero-order chi connectivity index (χ0) is 6.85. The van der Waals surface area contributed by atoms with E-state index in [1.165, 1.54) is 0 Å². The van der Waals surface area contributed by atoms with E-state index >= 15 is 0 Å². The summed E-state index contributed by atoms with van der Waals surface area (Å²) in [4.78, 5) is 2.18. The van der Waals surface area contributed by atoms with Crippen molar-refractivity contribution in [2.24, 2.45) is 0 Å². The van der Waals surface area contributed by atoms with Crippen LogP contribution in [0.5, 0.6) is 0 Å². The monoisotopic (exact) mass is 146 g/mol. The van der Waals surface area contributed by atoms with Crippen molar-refractivity contribution in [2.45, 2.75) is 12.4 Å². The lowest BCUT2D eigenvalue weighted by Gasteiger charge is -2.25. The van der Waals surface area contributed by atoms with Crippen LogP contribution in [0, 0.1) is 0 Å². The summed E-state index contributed by atoms with van der Waals surface area (Å²) in [5.74, 6) is 0. The predicted molar refractivity (Wildman–Crippen MR) is 39.3 cm³/mol. The second-order valence-electron chi connectivity index (χ2n) is 2.23. The molecule has 1 saturated heterocycles. The number of hydrogen-bond donors (Lipinski definition) is 1. The number of nitrogens with one attached hydrogen (secondary N) is 1. The van der Waals surface area contributed by atoms with Crippen molar-refractivity contribution in [1.29, 1.82) is 0 Å². The van der Waals surface area contributed by atoms with Crippen LogP contribution in [-0.2, 0) is 12.6 Å². The molecule has 0 bridgehead atoms. The van der Waals surface area contributed by atoms with Crippen molar-refractivity contribution in [1.82, 2.24) is 15.3 Å². The normalized spacial score (nSPS) is 31.7. The van der Waals surface area contributed by atoms with E-state index in [1.807, 2.05) is 12.1 Å². The fourth-order valence-electron chi connectivity index (χ4n) is 0.923. The van der Waals surface area contributed by atoms with E-state index < -0.39 is 0 Å². The quantitative estimate of drug-likeness (QED) is 0.505. The Morgan fingerprint density at radius 2 is 2.44 bits per heavy atom. The molecule has 1 heterocycles. The Bertz CT molecular complexity index is 98.2. The molecule has 0 aromatic rings. The zero-order valence-electron chi connectivity index (χ0n) is 5.79. The second-order valence-corrected chi connectivity index (χ2v) is 2.67. The molecule has 1 N–H and O–H groups in total. The van der Waals surface area contributed by atoms with Crippen molar-refractivity contribution >= 4 is 12.6 Å². The lowest BCUT2D eigenvalue weighted by atomic mass is 10.6. The molecule has 1 fully saturated rings. The highest BCUT2D eigenvalue weighted by Gasteiger charge is 2.15. The molecule has 0 saturated carbocycles. The van der Waals surface area contributed by atoms with Gasteiger partial charge in [0, 0.05) is 7.05 Å². The van der Waals surface area contributed by atoms with Crippen LogP contribution in [0.2, 0.25) is 0 Å². The summed E-state index contributed by atoms with van der Waals surface area (Å²) < 4.78 is 0. The van der Waals surface area contributed by atoms with Gasteiger partial charge in [0.2, 0.25) is 0 Å². The Kier molecular flexibility index (Phi) is 2.35. The molecule has 1 unspecified atom stereocenters. The van der Waals surface area contributed by atoms with Gasteiger partial charge in [0.15, 0.2) is 0 Å². The van der Waals surface area contributed by atoms with Gasteiger partial charge in [-0.1, -0.05) is 6.92 Å². The number of hydrogen-bond acceptors (Lipinski definition) is 4. The molecular formula is C5H12N3S-. The number of nitrogens with zero attached hydrogens (tertiary/aromatic N) is 2. The second kappa shape index (κ2) is 2.88. The third kappa shape index (κ3) is 1.58. The Morgan fingerprint density at radius 3 is 2.67 bits per heavy atom. The number of hydrazine groups is 1. The van der Waals surface area contributed by atoms with E-state index in [-0.39, 0.29) is 5.50 Å². The molecule has 0 aromatic carbocycles. The fraction of sp³-hybridized carbons (Fsp3) is 1.00. The van der Waals surface area contributed by atoms with Gasteiger partial charge >= 0.3 is 0 Å². The van der Waals surface area contributed by atoms with Gasteiger partial charge in [-0.25, -0.2) is 5.01 Å². The van der Waals surface area contributed by atoms with Crippen molar-refractivity contribution in [3.05, 3.63) is 0 Å². The largest absolute Gasteiger partial charge is 0.757 e. The van der Waals surface area contributed by atoms with Crippen molar-refractivity contribution in [3.8, 4) is 0 Å². The minimum atomic E-state index is 0.0972. The van der Waals surface area contributed by atoms with Crippen LogP contribution < -0.4 is 5.43 Å². The zero-order valence-corrected chi connectivity index (χ0v) is 6.61. The van der Waals surface area contributed by atoms with Gasteiger partial charge in [-0.2, -0.15) is 0 Å². The maximum Gasteiger partial charge on any atom is 0.0639 e. The Balaban J connectivity index is 2.38. The van der Waals surface area contributed by atoms with Gasteiger partial charge in [-0.15, -0.1) is 0 Å². The van der Waals surface area contributed by atoms with Gasteiger partial charge in [0.1, 0.15) is 0 Å². The number of rotatable bonds is 1. The summed E-state index contributed by atoms with van der Waals surface area (Å²) in [5, 5.41) is 2.00. The van der Waals surface area contributed by atoms with Gasteiger partial charge in [-0.05, 0) is 12.0 Å². The third-order valence-corrected chi connectivity index (χ3v) is 1.87. The summed E-state index contributed by atoms with van der Waals surface area (Å²) in [6.07, 6.45) is 0. The molecule has 3 nitrogen and oxygen atoms in total. The molecule has 1 aliphatic heterocycles. The molecule has 0 aliphatic carbocycles. The Hall–Kier alpha value is 0.230. The molecular weight excluding hydrogens is 134 g/mol. The van der Waals surface area contributed by atoms with Gasteiger partial charge in [0.05, 0.1) is 6.67 Å². The molecule has 0 spiro atoms. The summed E-state index contributed by atoms with van der Waals surface area (Å²) >= 11 is 5.07. The molecule has 9 heavy (non-hydrogen) atoms. The van der Waals surface area contributed by atoms with Crippen LogP contribution >= 0.6 is 0 Å². The van der Waals surface area contributed by atoms with Crippen molar-refractivity contribution in [3.63, 3.8) is 0 Å². The van der Waals surface area contributed by atoms with E-state index in [9.17, 15) is 0 Å². The minimum absolute atomic E-state index is 0.0972. The van der Waals surface area contributed by atoms with Crippen LogP contribution in [0.1, 0.15) is 6.92 Å². The van der Waals surface area contributed by atoms with Crippen LogP contribution in [-0.4, -0.2) is 35.7 Å².